The van der Waals surface area contributed by atoms with Gasteiger partial charge in [-0.25, -0.2) is 0 Å². The highest BCUT2D eigenvalue weighted by Gasteiger charge is 2.22. The second-order valence-electron chi connectivity index (χ2n) is 7.68. The lowest BCUT2D eigenvalue weighted by Crippen LogP contribution is -2.19. The monoisotopic (exact) mass is 465 g/mol. The summed E-state index contributed by atoms with van der Waals surface area (Å²) in [4.78, 5) is 16.6. The fourth-order valence-electron chi connectivity index (χ4n) is 3.43. The van der Waals surface area contributed by atoms with Crippen molar-refractivity contribution in [2.24, 2.45) is 0 Å². The van der Waals surface area contributed by atoms with E-state index in [9.17, 15) is 4.79 Å². The Morgan fingerprint density at radius 1 is 0.969 bits per heavy atom. The van der Waals surface area contributed by atoms with Gasteiger partial charge in [-0.2, -0.15) is 0 Å². The first-order valence-electron chi connectivity index (χ1n) is 10.2. The zero-order valence-electron chi connectivity index (χ0n) is 18.2. The van der Waals surface area contributed by atoms with E-state index in [0.29, 0.717) is 22.8 Å². The SMILES string of the molecule is COc1ccc2c(C(=O)c3ccc(OCCN(C)C)cc3)c(-c3ccc(Cl)cc3)sc2c1. The van der Waals surface area contributed by atoms with Gasteiger partial charge in [0.25, 0.3) is 0 Å². The Morgan fingerprint density at radius 3 is 2.31 bits per heavy atom. The predicted molar refractivity (Wildman–Crippen MR) is 133 cm³/mol. The first kappa shape index (κ1) is 22.3. The second kappa shape index (κ2) is 9.74. The summed E-state index contributed by atoms with van der Waals surface area (Å²) >= 11 is 7.67. The smallest absolute Gasteiger partial charge is 0.195 e. The molecule has 4 aromatic rings. The van der Waals surface area contributed by atoms with Crippen LogP contribution in [0.5, 0.6) is 11.5 Å². The highest BCUT2D eigenvalue weighted by Crippen LogP contribution is 2.41. The van der Waals surface area contributed by atoms with Crippen LogP contribution in [-0.4, -0.2) is 45.0 Å². The number of hydrogen-bond acceptors (Lipinski definition) is 5. The van der Waals surface area contributed by atoms with Crippen LogP contribution in [0.1, 0.15) is 15.9 Å². The molecule has 1 heterocycles. The fraction of sp³-hybridized carbons (Fsp3) is 0.192. The number of methoxy groups -OCH3 is 1. The van der Waals surface area contributed by atoms with E-state index >= 15 is 0 Å². The summed E-state index contributed by atoms with van der Waals surface area (Å²) in [6.07, 6.45) is 0. The van der Waals surface area contributed by atoms with Crippen molar-refractivity contribution >= 4 is 38.8 Å². The number of nitrogens with zero attached hydrogens (tertiary/aromatic N) is 1. The molecule has 3 aromatic carbocycles. The Labute approximate surface area is 197 Å². The van der Waals surface area contributed by atoms with Crippen LogP contribution in [-0.2, 0) is 0 Å². The summed E-state index contributed by atoms with van der Waals surface area (Å²) in [5.74, 6) is 1.49. The van der Waals surface area contributed by atoms with Crippen LogP contribution in [0.3, 0.4) is 0 Å². The van der Waals surface area contributed by atoms with Crippen LogP contribution < -0.4 is 9.47 Å². The average Bonchev–Trinajstić information content (AvgIpc) is 3.18. The molecule has 0 radical (unpaired) electrons. The quantitative estimate of drug-likeness (QED) is 0.282. The lowest BCUT2D eigenvalue weighted by atomic mass is 9.97. The third-order valence-corrected chi connectivity index (χ3v) is 6.61. The number of likely N-dealkylation sites (N-methyl/N-ethyl adjacent to an activating group) is 1. The summed E-state index contributed by atoms with van der Waals surface area (Å²) in [5, 5.41) is 1.58. The largest absolute Gasteiger partial charge is 0.497 e. The molecule has 4 nitrogen and oxygen atoms in total. The van der Waals surface area contributed by atoms with Gasteiger partial charge in [-0.05, 0) is 74.3 Å². The molecular weight excluding hydrogens is 442 g/mol. The van der Waals surface area contributed by atoms with Crippen molar-refractivity contribution in [1.29, 1.82) is 0 Å². The lowest BCUT2D eigenvalue weighted by Gasteiger charge is -2.11. The Hall–Kier alpha value is -2.86. The number of benzene rings is 3. The van der Waals surface area contributed by atoms with E-state index in [2.05, 4.69) is 4.90 Å². The van der Waals surface area contributed by atoms with E-state index in [1.165, 1.54) is 0 Å². The Balaban J connectivity index is 1.72. The van der Waals surface area contributed by atoms with Crippen molar-refractivity contribution in [2.75, 3.05) is 34.4 Å². The van der Waals surface area contributed by atoms with Gasteiger partial charge in [0.05, 0.1) is 7.11 Å². The van der Waals surface area contributed by atoms with Crippen LogP contribution in [0.15, 0.2) is 66.7 Å². The molecule has 0 aliphatic rings. The summed E-state index contributed by atoms with van der Waals surface area (Å²) in [6.45, 7) is 1.42. The van der Waals surface area contributed by atoms with E-state index < -0.39 is 0 Å². The van der Waals surface area contributed by atoms with Gasteiger partial charge >= 0.3 is 0 Å². The van der Waals surface area contributed by atoms with Gasteiger partial charge < -0.3 is 14.4 Å². The molecule has 0 saturated heterocycles. The Morgan fingerprint density at radius 2 is 1.66 bits per heavy atom. The van der Waals surface area contributed by atoms with Gasteiger partial charge in [-0.15, -0.1) is 11.3 Å². The number of carbonyl (C=O) groups excluding carboxylic acids is 1. The molecule has 1 aromatic heterocycles. The molecule has 0 amide bonds. The number of carbonyl (C=O) groups is 1. The normalized spacial score (nSPS) is 11.2. The zero-order chi connectivity index (χ0) is 22.7. The maximum absolute atomic E-state index is 13.7. The van der Waals surface area contributed by atoms with Gasteiger partial charge in [0.1, 0.15) is 18.1 Å². The summed E-state index contributed by atoms with van der Waals surface area (Å²) in [7, 11) is 5.65. The molecule has 164 valence electrons. The number of ketones is 1. The third kappa shape index (κ3) is 4.80. The van der Waals surface area contributed by atoms with Gasteiger partial charge in [-0.3, -0.25) is 4.79 Å². The van der Waals surface area contributed by atoms with Crippen LogP contribution in [0.25, 0.3) is 20.5 Å². The van der Waals surface area contributed by atoms with Crippen molar-refractivity contribution in [1.82, 2.24) is 4.90 Å². The molecule has 4 rings (SSSR count). The maximum atomic E-state index is 13.7. The van der Waals surface area contributed by atoms with Gasteiger partial charge in [-0.1, -0.05) is 23.7 Å². The molecule has 0 aliphatic heterocycles. The van der Waals surface area contributed by atoms with Crippen molar-refractivity contribution in [3.05, 3.63) is 82.9 Å². The molecule has 0 fully saturated rings. The van der Waals surface area contributed by atoms with Gasteiger partial charge in [0, 0.05) is 37.7 Å². The number of hydrogen-bond donors (Lipinski definition) is 0. The molecule has 0 aliphatic carbocycles. The minimum atomic E-state index is -0.0220. The molecule has 0 unspecified atom stereocenters. The highest BCUT2D eigenvalue weighted by atomic mass is 35.5. The molecule has 32 heavy (non-hydrogen) atoms. The van der Waals surface area contributed by atoms with Crippen LogP contribution in [0, 0.1) is 0 Å². The maximum Gasteiger partial charge on any atom is 0.195 e. The van der Waals surface area contributed by atoms with Crippen molar-refractivity contribution in [2.45, 2.75) is 0 Å². The van der Waals surface area contributed by atoms with Crippen LogP contribution >= 0.6 is 22.9 Å². The van der Waals surface area contributed by atoms with E-state index in [1.807, 2.05) is 80.8 Å². The standard InChI is InChI=1S/C26H24ClNO3S/c1-28(2)14-15-31-20-10-6-17(7-11-20)25(29)24-22-13-12-21(30-3)16-23(22)32-26(24)18-4-8-19(27)9-5-18/h4-13,16H,14-15H2,1-3H3. The summed E-state index contributed by atoms with van der Waals surface area (Å²) in [5.41, 5.74) is 2.27. The van der Waals surface area contributed by atoms with Crippen LogP contribution in [0.4, 0.5) is 0 Å². The molecule has 0 N–H and O–H groups in total. The number of halogens is 1. The number of ether oxygens (including phenoxy) is 2. The number of fused-ring (bicyclic) bond motifs is 1. The van der Waals surface area contributed by atoms with E-state index in [4.69, 9.17) is 21.1 Å². The lowest BCUT2D eigenvalue weighted by molar-refractivity contribution is 0.104. The molecule has 0 spiro atoms. The van der Waals surface area contributed by atoms with Crippen molar-refractivity contribution in [3.8, 4) is 21.9 Å². The fourth-order valence-corrected chi connectivity index (χ4v) is 4.79. The van der Waals surface area contributed by atoms with Gasteiger partial charge in [0.15, 0.2) is 5.78 Å². The average molecular weight is 466 g/mol. The first-order chi connectivity index (χ1) is 15.5. The topological polar surface area (TPSA) is 38.8 Å². The summed E-state index contributed by atoms with van der Waals surface area (Å²) in [6, 6.07) is 20.7. The molecule has 6 heteroatoms. The highest BCUT2D eigenvalue weighted by molar-refractivity contribution is 7.22. The second-order valence-corrected chi connectivity index (χ2v) is 9.17. The minimum absolute atomic E-state index is 0.0220. The van der Waals surface area contributed by atoms with Crippen LogP contribution in [0.2, 0.25) is 5.02 Å². The number of rotatable bonds is 8. The van der Waals surface area contributed by atoms with Gasteiger partial charge in [0.2, 0.25) is 0 Å². The predicted octanol–water partition coefficient (Wildman–Crippen LogP) is 6.40. The van der Waals surface area contributed by atoms with Crippen molar-refractivity contribution in [3.63, 3.8) is 0 Å². The zero-order valence-corrected chi connectivity index (χ0v) is 19.8. The minimum Gasteiger partial charge on any atom is -0.497 e. The third-order valence-electron chi connectivity index (χ3n) is 5.15. The van der Waals surface area contributed by atoms with E-state index in [1.54, 1.807) is 18.4 Å². The Kier molecular flexibility index (Phi) is 6.80. The van der Waals surface area contributed by atoms with E-state index in [0.717, 1.165) is 38.6 Å². The number of thiophene rings is 1. The molecule has 0 atom stereocenters. The molecule has 0 bridgehead atoms. The first-order valence-corrected chi connectivity index (χ1v) is 11.4. The van der Waals surface area contributed by atoms with Crippen molar-refractivity contribution < 1.29 is 14.3 Å². The van der Waals surface area contributed by atoms with E-state index in [-0.39, 0.29) is 5.78 Å². The molecule has 0 saturated carbocycles. The molecular formula is C26H24ClNO3S. The summed E-state index contributed by atoms with van der Waals surface area (Å²) < 4.78 is 12.2. The Bertz CT molecular complexity index is 1230.